The van der Waals surface area contributed by atoms with Crippen molar-refractivity contribution in [3.8, 4) is 0 Å². The molecule has 0 bridgehead atoms. The number of halogens is 1. The summed E-state index contributed by atoms with van der Waals surface area (Å²) in [5, 5.41) is 0.826. The molecule has 1 fully saturated rings. The Morgan fingerprint density at radius 2 is 1.72 bits per heavy atom. The lowest BCUT2D eigenvalue weighted by molar-refractivity contribution is 0.154. The van der Waals surface area contributed by atoms with Gasteiger partial charge in [-0.05, 0) is 64.8 Å². The van der Waals surface area contributed by atoms with Crippen molar-refractivity contribution in [2.75, 3.05) is 40.8 Å². The Morgan fingerprint density at radius 3 is 2.22 bits per heavy atom. The Hall–Kier alpha value is -0.570. The highest BCUT2D eigenvalue weighted by Crippen LogP contribution is 2.36. The Bertz CT molecular complexity index is 378. The van der Waals surface area contributed by atoms with Crippen molar-refractivity contribution in [3.63, 3.8) is 0 Å². The van der Waals surface area contributed by atoms with Crippen LogP contribution in [0.4, 0.5) is 0 Å². The quantitative estimate of drug-likeness (QED) is 0.830. The van der Waals surface area contributed by atoms with Crippen LogP contribution in [0.1, 0.15) is 18.4 Å². The van der Waals surface area contributed by atoms with E-state index >= 15 is 0 Å². The fourth-order valence-corrected chi connectivity index (χ4v) is 3.12. The molecule has 0 saturated carbocycles. The number of rotatable bonds is 3. The smallest absolute Gasteiger partial charge is 0.0406 e. The van der Waals surface area contributed by atoms with Gasteiger partial charge in [-0.1, -0.05) is 23.7 Å². The molecule has 18 heavy (non-hydrogen) atoms. The second-order valence-electron chi connectivity index (χ2n) is 5.83. The standard InChI is InChI=1S/C15H23ClN2/c1-17(2)12-15(8-10-18(3)11-9-15)13-4-6-14(16)7-5-13/h4-7H,8-12H2,1-3H3. The van der Waals surface area contributed by atoms with E-state index in [4.69, 9.17) is 11.6 Å². The average Bonchev–Trinajstić information content (AvgIpc) is 2.33. The fourth-order valence-electron chi connectivity index (χ4n) is 2.99. The minimum Gasteiger partial charge on any atom is -0.309 e. The normalized spacial score (nSPS) is 20.3. The molecule has 0 unspecified atom stereocenters. The van der Waals surface area contributed by atoms with Gasteiger partial charge in [-0.2, -0.15) is 0 Å². The van der Waals surface area contributed by atoms with Gasteiger partial charge in [0.2, 0.25) is 0 Å². The molecule has 1 heterocycles. The SMILES string of the molecule is CN(C)CC1(c2ccc(Cl)cc2)CCN(C)CC1. The van der Waals surface area contributed by atoms with E-state index in [1.165, 1.54) is 31.5 Å². The summed E-state index contributed by atoms with van der Waals surface area (Å²) in [7, 11) is 6.54. The topological polar surface area (TPSA) is 6.48 Å². The van der Waals surface area contributed by atoms with Crippen LogP contribution in [0.25, 0.3) is 0 Å². The maximum atomic E-state index is 6.01. The summed E-state index contributed by atoms with van der Waals surface area (Å²) in [4.78, 5) is 4.73. The van der Waals surface area contributed by atoms with E-state index in [0.29, 0.717) is 5.41 Å². The van der Waals surface area contributed by atoms with Crippen LogP contribution in [-0.2, 0) is 5.41 Å². The Morgan fingerprint density at radius 1 is 1.17 bits per heavy atom. The van der Waals surface area contributed by atoms with Crippen molar-refractivity contribution >= 4 is 11.6 Å². The molecular weight excluding hydrogens is 244 g/mol. The van der Waals surface area contributed by atoms with Crippen LogP contribution >= 0.6 is 11.6 Å². The molecule has 0 spiro atoms. The minimum atomic E-state index is 0.292. The average molecular weight is 267 g/mol. The second kappa shape index (κ2) is 5.60. The Balaban J connectivity index is 2.27. The van der Waals surface area contributed by atoms with Crippen LogP contribution in [-0.4, -0.2) is 50.6 Å². The maximum Gasteiger partial charge on any atom is 0.0406 e. The highest BCUT2D eigenvalue weighted by atomic mass is 35.5. The van der Waals surface area contributed by atoms with E-state index in [2.05, 4.69) is 43.1 Å². The third kappa shape index (κ3) is 3.05. The van der Waals surface area contributed by atoms with Gasteiger partial charge < -0.3 is 9.80 Å². The van der Waals surface area contributed by atoms with E-state index in [-0.39, 0.29) is 0 Å². The van der Waals surface area contributed by atoms with Gasteiger partial charge in [-0.25, -0.2) is 0 Å². The monoisotopic (exact) mass is 266 g/mol. The van der Waals surface area contributed by atoms with E-state index < -0.39 is 0 Å². The minimum absolute atomic E-state index is 0.292. The number of likely N-dealkylation sites (tertiary alicyclic amines) is 1. The Kier molecular flexibility index (Phi) is 4.31. The molecule has 100 valence electrons. The van der Waals surface area contributed by atoms with E-state index in [1.54, 1.807) is 0 Å². The summed E-state index contributed by atoms with van der Waals surface area (Å²) in [6.45, 7) is 3.47. The molecule has 1 aliphatic heterocycles. The molecule has 0 N–H and O–H groups in total. The van der Waals surface area contributed by atoms with Crippen molar-refractivity contribution in [1.29, 1.82) is 0 Å². The van der Waals surface area contributed by atoms with Crippen molar-refractivity contribution < 1.29 is 0 Å². The first kappa shape index (κ1) is 13.9. The highest BCUT2D eigenvalue weighted by Gasteiger charge is 2.35. The summed E-state index contributed by atoms with van der Waals surface area (Å²) >= 11 is 6.01. The summed E-state index contributed by atoms with van der Waals surface area (Å²) in [5.41, 5.74) is 1.73. The fraction of sp³-hybridized carbons (Fsp3) is 0.600. The molecule has 1 aliphatic rings. The lowest BCUT2D eigenvalue weighted by Crippen LogP contribution is -2.46. The van der Waals surface area contributed by atoms with Gasteiger partial charge in [-0.3, -0.25) is 0 Å². The van der Waals surface area contributed by atoms with Crippen molar-refractivity contribution in [2.45, 2.75) is 18.3 Å². The summed E-state index contributed by atoms with van der Waals surface area (Å²) in [5.74, 6) is 0. The zero-order valence-electron chi connectivity index (χ0n) is 11.6. The van der Waals surface area contributed by atoms with Crippen LogP contribution in [0.3, 0.4) is 0 Å². The number of benzene rings is 1. The van der Waals surface area contributed by atoms with Crippen LogP contribution < -0.4 is 0 Å². The van der Waals surface area contributed by atoms with Gasteiger partial charge in [0, 0.05) is 17.0 Å². The molecule has 2 nitrogen and oxygen atoms in total. The molecule has 1 saturated heterocycles. The van der Waals surface area contributed by atoms with E-state index in [0.717, 1.165) is 11.6 Å². The van der Waals surface area contributed by atoms with Crippen molar-refractivity contribution in [1.82, 2.24) is 9.80 Å². The lowest BCUT2D eigenvalue weighted by Gasteiger charge is -2.43. The van der Waals surface area contributed by atoms with Crippen LogP contribution in [0, 0.1) is 0 Å². The van der Waals surface area contributed by atoms with E-state index in [1.807, 2.05) is 12.1 Å². The number of hydrogen-bond donors (Lipinski definition) is 0. The zero-order chi connectivity index (χ0) is 13.2. The van der Waals surface area contributed by atoms with Gasteiger partial charge in [0.05, 0.1) is 0 Å². The Labute approximate surface area is 116 Å². The number of piperidine rings is 1. The first-order valence-corrected chi connectivity index (χ1v) is 6.99. The number of nitrogens with zero attached hydrogens (tertiary/aromatic N) is 2. The van der Waals surface area contributed by atoms with Gasteiger partial charge in [-0.15, -0.1) is 0 Å². The molecular formula is C15H23ClN2. The molecule has 2 rings (SSSR count). The lowest BCUT2D eigenvalue weighted by atomic mass is 9.72. The van der Waals surface area contributed by atoms with E-state index in [9.17, 15) is 0 Å². The molecule has 0 atom stereocenters. The summed E-state index contributed by atoms with van der Waals surface area (Å²) in [6, 6.07) is 8.45. The van der Waals surface area contributed by atoms with Crippen LogP contribution in [0.15, 0.2) is 24.3 Å². The zero-order valence-corrected chi connectivity index (χ0v) is 12.4. The largest absolute Gasteiger partial charge is 0.309 e. The van der Waals surface area contributed by atoms with Crippen LogP contribution in [0.2, 0.25) is 5.02 Å². The first-order valence-electron chi connectivity index (χ1n) is 6.61. The van der Waals surface area contributed by atoms with Crippen molar-refractivity contribution in [3.05, 3.63) is 34.9 Å². The molecule has 0 aliphatic carbocycles. The van der Waals surface area contributed by atoms with Gasteiger partial charge in [0.25, 0.3) is 0 Å². The van der Waals surface area contributed by atoms with Gasteiger partial charge in [0.1, 0.15) is 0 Å². The third-order valence-electron chi connectivity index (χ3n) is 4.02. The van der Waals surface area contributed by atoms with Gasteiger partial charge >= 0.3 is 0 Å². The van der Waals surface area contributed by atoms with Gasteiger partial charge in [0.15, 0.2) is 0 Å². The molecule has 0 amide bonds. The van der Waals surface area contributed by atoms with Crippen LogP contribution in [0.5, 0.6) is 0 Å². The van der Waals surface area contributed by atoms with Crippen molar-refractivity contribution in [2.24, 2.45) is 0 Å². The highest BCUT2D eigenvalue weighted by molar-refractivity contribution is 6.30. The first-order chi connectivity index (χ1) is 8.52. The molecule has 3 heteroatoms. The molecule has 1 aromatic rings. The number of hydrogen-bond acceptors (Lipinski definition) is 2. The number of likely N-dealkylation sites (N-methyl/N-ethyl adjacent to an activating group) is 1. The summed E-state index contributed by atoms with van der Waals surface area (Å²) < 4.78 is 0. The predicted molar refractivity (Wildman–Crippen MR) is 78.4 cm³/mol. The second-order valence-corrected chi connectivity index (χ2v) is 6.26. The molecule has 1 aromatic carbocycles. The summed E-state index contributed by atoms with van der Waals surface area (Å²) in [6.07, 6.45) is 2.45. The third-order valence-corrected chi connectivity index (χ3v) is 4.27. The molecule has 0 aromatic heterocycles. The molecule has 0 radical (unpaired) electrons. The maximum absolute atomic E-state index is 6.01. The predicted octanol–water partition coefficient (Wildman–Crippen LogP) is 2.87.